The number of anilines is 1. The lowest BCUT2D eigenvalue weighted by molar-refractivity contribution is -0.123. The molecule has 0 unspecified atom stereocenters. The molecule has 4 rings (SSSR count). The van der Waals surface area contributed by atoms with Crippen LogP contribution in [0.2, 0.25) is 0 Å². The summed E-state index contributed by atoms with van der Waals surface area (Å²) in [7, 11) is 0. The Bertz CT molecular complexity index is 1260. The molecular weight excluding hydrogens is 464 g/mol. The van der Waals surface area contributed by atoms with E-state index in [0.29, 0.717) is 22.0 Å². The summed E-state index contributed by atoms with van der Waals surface area (Å²) in [6.07, 6.45) is 1.64. The summed E-state index contributed by atoms with van der Waals surface area (Å²) in [4.78, 5) is 38.8. The van der Waals surface area contributed by atoms with E-state index >= 15 is 0 Å². The minimum absolute atomic E-state index is 0.157. The SMILES string of the molecule is Cc1ccccc1NC(=O)COc1cccc(/C=C2\SC(=O)N(CCOc3ccccc3)C2=O)c1. The maximum Gasteiger partial charge on any atom is 0.293 e. The number of hydrogen-bond donors (Lipinski definition) is 1. The van der Waals surface area contributed by atoms with E-state index in [1.807, 2.05) is 61.5 Å². The van der Waals surface area contributed by atoms with Gasteiger partial charge in [-0.05, 0) is 66.2 Å². The van der Waals surface area contributed by atoms with Crippen LogP contribution >= 0.6 is 11.8 Å². The van der Waals surface area contributed by atoms with Crippen molar-refractivity contribution in [2.75, 3.05) is 25.1 Å². The Hall–Kier alpha value is -4.04. The van der Waals surface area contributed by atoms with E-state index < -0.39 is 0 Å². The molecule has 3 amide bonds. The number of para-hydroxylation sites is 2. The number of rotatable bonds is 9. The molecule has 0 bridgehead atoms. The molecule has 35 heavy (non-hydrogen) atoms. The molecule has 1 heterocycles. The van der Waals surface area contributed by atoms with E-state index in [9.17, 15) is 14.4 Å². The third kappa shape index (κ3) is 6.51. The van der Waals surface area contributed by atoms with Gasteiger partial charge in [-0.3, -0.25) is 19.3 Å². The Labute approximate surface area is 207 Å². The minimum Gasteiger partial charge on any atom is -0.492 e. The van der Waals surface area contributed by atoms with Crippen LogP contribution in [0.15, 0.2) is 83.8 Å². The molecule has 0 radical (unpaired) electrons. The fourth-order valence-electron chi connectivity index (χ4n) is 3.36. The second kappa shape index (κ2) is 11.4. The number of nitrogens with zero attached hydrogens (tertiary/aromatic N) is 1. The van der Waals surface area contributed by atoms with Crippen LogP contribution in [0, 0.1) is 6.92 Å². The van der Waals surface area contributed by atoms with E-state index in [4.69, 9.17) is 9.47 Å². The molecule has 3 aromatic rings. The number of carbonyl (C=O) groups is 3. The first-order valence-electron chi connectivity index (χ1n) is 11.0. The average molecular weight is 489 g/mol. The lowest BCUT2D eigenvalue weighted by atomic mass is 10.2. The van der Waals surface area contributed by atoms with Crippen molar-refractivity contribution in [3.8, 4) is 11.5 Å². The molecule has 1 N–H and O–H groups in total. The predicted octanol–water partition coefficient (Wildman–Crippen LogP) is 5.13. The van der Waals surface area contributed by atoms with Gasteiger partial charge in [-0.15, -0.1) is 0 Å². The molecule has 0 saturated carbocycles. The standard InChI is InChI=1S/C27H24N2O5S/c1-19-8-5-6-13-23(19)28-25(30)18-34-22-12-7-9-20(16-22)17-24-26(31)29(27(32)35-24)14-15-33-21-10-3-2-4-11-21/h2-13,16-17H,14-15,18H2,1H3,(H,28,30)/b24-17-. The zero-order valence-electron chi connectivity index (χ0n) is 19.1. The number of thioether (sulfide) groups is 1. The minimum atomic E-state index is -0.361. The predicted molar refractivity (Wildman–Crippen MR) is 136 cm³/mol. The van der Waals surface area contributed by atoms with Crippen LogP contribution in [0.3, 0.4) is 0 Å². The zero-order chi connectivity index (χ0) is 24.6. The molecule has 8 heteroatoms. The van der Waals surface area contributed by atoms with Crippen molar-refractivity contribution in [1.29, 1.82) is 0 Å². The van der Waals surface area contributed by atoms with Crippen molar-refractivity contribution < 1.29 is 23.9 Å². The Morgan fingerprint density at radius 2 is 1.69 bits per heavy atom. The van der Waals surface area contributed by atoms with Crippen LogP contribution in [0.25, 0.3) is 6.08 Å². The number of benzene rings is 3. The van der Waals surface area contributed by atoms with Crippen molar-refractivity contribution in [2.24, 2.45) is 0 Å². The number of aryl methyl sites for hydroxylation is 1. The van der Waals surface area contributed by atoms with Gasteiger partial charge in [0.15, 0.2) is 6.61 Å². The third-order valence-electron chi connectivity index (χ3n) is 5.15. The quantitative estimate of drug-likeness (QED) is 0.421. The summed E-state index contributed by atoms with van der Waals surface area (Å²) in [5, 5.41) is 2.48. The fourth-order valence-corrected chi connectivity index (χ4v) is 4.22. The fraction of sp³-hybridized carbons (Fsp3) is 0.148. The molecule has 1 saturated heterocycles. The van der Waals surface area contributed by atoms with Crippen LogP contribution in [0.4, 0.5) is 10.5 Å². The number of imide groups is 1. The number of amides is 3. The van der Waals surface area contributed by atoms with Crippen LogP contribution < -0.4 is 14.8 Å². The highest BCUT2D eigenvalue weighted by molar-refractivity contribution is 8.18. The summed E-state index contributed by atoms with van der Waals surface area (Å²) < 4.78 is 11.2. The summed E-state index contributed by atoms with van der Waals surface area (Å²) in [6.45, 7) is 2.13. The third-order valence-corrected chi connectivity index (χ3v) is 6.05. The molecule has 1 aliphatic heterocycles. The van der Waals surface area contributed by atoms with E-state index in [-0.39, 0.29) is 36.8 Å². The summed E-state index contributed by atoms with van der Waals surface area (Å²) in [6, 6.07) is 23.7. The lowest BCUT2D eigenvalue weighted by Crippen LogP contribution is -2.32. The monoisotopic (exact) mass is 488 g/mol. The van der Waals surface area contributed by atoms with Gasteiger partial charge in [-0.25, -0.2) is 0 Å². The Morgan fingerprint density at radius 3 is 2.49 bits per heavy atom. The number of nitrogens with one attached hydrogen (secondary N) is 1. The maximum absolute atomic E-state index is 12.7. The highest BCUT2D eigenvalue weighted by Crippen LogP contribution is 2.32. The van der Waals surface area contributed by atoms with Gasteiger partial charge in [0.1, 0.15) is 18.1 Å². The van der Waals surface area contributed by atoms with Crippen LogP contribution in [0.1, 0.15) is 11.1 Å². The smallest absolute Gasteiger partial charge is 0.293 e. The van der Waals surface area contributed by atoms with Crippen LogP contribution in [-0.2, 0) is 9.59 Å². The first kappa shape index (κ1) is 24.1. The average Bonchev–Trinajstić information content (AvgIpc) is 3.12. The molecule has 7 nitrogen and oxygen atoms in total. The lowest BCUT2D eigenvalue weighted by Gasteiger charge is -2.13. The van der Waals surface area contributed by atoms with Gasteiger partial charge >= 0.3 is 0 Å². The Balaban J connectivity index is 1.33. The van der Waals surface area contributed by atoms with Gasteiger partial charge in [0.05, 0.1) is 11.4 Å². The number of carbonyl (C=O) groups excluding carboxylic acids is 3. The highest BCUT2D eigenvalue weighted by Gasteiger charge is 2.34. The van der Waals surface area contributed by atoms with Crippen molar-refractivity contribution in [1.82, 2.24) is 4.90 Å². The van der Waals surface area contributed by atoms with Gasteiger partial charge in [-0.2, -0.15) is 0 Å². The summed E-state index contributed by atoms with van der Waals surface area (Å²) >= 11 is 0.888. The van der Waals surface area contributed by atoms with Crippen molar-refractivity contribution in [3.63, 3.8) is 0 Å². The van der Waals surface area contributed by atoms with Gasteiger partial charge in [0.25, 0.3) is 17.1 Å². The van der Waals surface area contributed by atoms with E-state index in [1.165, 1.54) is 4.90 Å². The van der Waals surface area contributed by atoms with Gasteiger partial charge < -0.3 is 14.8 Å². The zero-order valence-corrected chi connectivity index (χ0v) is 19.9. The number of hydrogen-bond acceptors (Lipinski definition) is 6. The number of ether oxygens (including phenoxy) is 2. The van der Waals surface area contributed by atoms with Crippen LogP contribution in [0.5, 0.6) is 11.5 Å². The molecule has 0 atom stereocenters. The molecule has 0 aliphatic carbocycles. The molecule has 178 valence electrons. The largest absolute Gasteiger partial charge is 0.492 e. The van der Waals surface area contributed by atoms with Crippen molar-refractivity contribution >= 4 is 40.6 Å². The molecular formula is C27H24N2O5S. The summed E-state index contributed by atoms with van der Waals surface area (Å²) in [5.74, 6) is 0.526. The first-order valence-corrected chi connectivity index (χ1v) is 11.8. The van der Waals surface area contributed by atoms with Crippen LogP contribution in [-0.4, -0.2) is 41.7 Å². The first-order chi connectivity index (χ1) is 17.0. The topological polar surface area (TPSA) is 84.9 Å². The normalized spacial score (nSPS) is 14.3. The second-order valence-electron chi connectivity index (χ2n) is 7.72. The molecule has 1 aliphatic rings. The van der Waals surface area contributed by atoms with E-state index in [2.05, 4.69) is 5.32 Å². The second-order valence-corrected chi connectivity index (χ2v) is 8.71. The molecule has 1 fully saturated rings. The molecule has 0 spiro atoms. The van der Waals surface area contributed by atoms with Gasteiger partial charge in [0, 0.05) is 5.69 Å². The van der Waals surface area contributed by atoms with Crippen molar-refractivity contribution in [2.45, 2.75) is 6.92 Å². The van der Waals surface area contributed by atoms with Crippen molar-refractivity contribution in [3.05, 3.63) is 94.9 Å². The Morgan fingerprint density at radius 1 is 0.943 bits per heavy atom. The maximum atomic E-state index is 12.7. The van der Waals surface area contributed by atoms with E-state index in [0.717, 1.165) is 23.0 Å². The van der Waals surface area contributed by atoms with Gasteiger partial charge in [-0.1, -0.05) is 48.5 Å². The molecule has 0 aromatic heterocycles. The Kier molecular flexibility index (Phi) is 7.84. The molecule has 3 aromatic carbocycles. The van der Waals surface area contributed by atoms with Gasteiger partial charge in [0.2, 0.25) is 0 Å². The summed E-state index contributed by atoms with van der Waals surface area (Å²) in [5.41, 5.74) is 2.39. The van der Waals surface area contributed by atoms with E-state index in [1.54, 1.807) is 30.3 Å². The highest BCUT2D eigenvalue weighted by atomic mass is 32.2.